The fraction of sp³-hybridized carbons (Fsp3) is 0.611. The molecule has 1 aromatic heterocycles. The zero-order chi connectivity index (χ0) is 16.8. The van der Waals surface area contributed by atoms with E-state index in [1.54, 1.807) is 12.4 Å². The summed E-state index contributed by atoms with van der Waals surface area (Å²) >= 11 is 0. The second kappa shape index (κ2) is 8.13. The quantitative estimate of drug-likeness (QED) is 0.918. The molecule has 1 N–H and O–H groups in total. The maximum Gasteiger partial charge on any atom is 0.317 e. The van der Waals surface area contributed by atoms with E-state index in [1.807, 2.05) is 21.9 Å². The van der Waals surface area contributed by atoms with Gasteiger partial charge in [0, 0.05) is 51.5 Å². The Labute approximate surface area is 143 Å². The zero-order valence-corrected chi connectivity index (χ0v) is 14.1. The Morgan fingerprint density at radius 3 is 2.38 bits per heavy atom. The highest BCUT2D eigenvalue weighted by molar-refractivity contribution is 5.77. The third kappa shape index (κ3) is 4.46. The van der Waals surface area contributed by atoms with E-state index in [2.05, 4.69) is 10.3 Å². The highest BCUT2D eigenvalue weighted by Crippen LogP contribution is 2.22. The van der Waals surface area contributed by atoms with Crippen LogP contribution in [0.15, 0.2) is 24.5 Å². The molecule has 3 amide bonds. The lowest BCUT2D eigenvalue weighted by Crippen LogP contribution is -2.44. The number of nitrogens with one attached hydrogen (secondary N) is 1. The second-order valence-corrected chi connectivity index (χ2v) is 6.74. The molecule has 2 saturated heterocycles. The van der Waals surface area contributed by atoms with Crippen molar-refractivity contribution in [3.8, 4) is 0 Å². The van der Waals surface area contributed by atoms with Crippen LogP contribution in [0.5, 0.6) is 0 Å². The van der Waals surface area contributed by atoms with Crippen LogP contribution >= 0.6 is 0 Å². The fourth-order valence-electron chi connectivity index (χ4n) is 3.47. The number of likely N-dealkylation sites (tertiary alicyclic amines) is 2. The lowest BCUT2D eigenvalue weighted by atomic mass is 9.93. The lowest BCUT2D eigenvalue weighted by Gasteiger charge is -2.32. The predicted octanol–water partition coefficient (Wildman–Crippen LogP) is 2.02. The number of piperidine rings is 1. The number of hydrogen-bond acceptors (Lipinski definition) is 3. The molecule has 0 aromatic carbocycles. The first-order valence-electron chi connectivity index (χ1n) is 8.92. The minimum Gasteiger partial charge on any atom is -0.343 e. The average molecular weight is 330 g/mol. The number of hydrogen-bond donors (Lipinski definition) is 1. The van der Waals surface area contributed by atoms with Gasteiger partial charge in [-0.3, -0.25) is 9.78 Å². The van der Waals surface area contributed by atoms with Crippen molar-refractivity contribution in [2.24, 2.45) is 5.92 Å². The van der Waals surface area contributed by atoms with Gasteiger partial charge in [0.05, 0.1) is 0 Å². The average Bonchev–Trinajstić information content (AvgIpc) is 3.16. The summed E-state index contributed by atoms with van der Waals surface area (Å²) in [6.07, 6.45) is 8.22. The highest BCUT2D eigenvalue weighted by Gasteiger charge is 2.26. The van der Waals surface area contributed by atoms with E-state index in [1.165, 1.54) is 0 Å². The van der Waals surface area contributed by atoms with E-state index in [0.717, 1.165) is 57.4 Å². The maximum absolute atomic E-state index is 12.2. The van der Waals surface area contributed by atoms with Gasteiger partial charge in [-0.1, -0.05) is 0 Å². The minimum absolute atomic E-state index is 0.0175. The second-order valence-electron chi connectivity index (χ2n) is 6.74. The van der Waals surface area contributed by atoms with Crippen molar-refractivity contribution in [3.05, 3.63) is 30.1 Å². The van der Waals surface area contributed by atoms with Gasteiger partial charge in [0.2, 0.25) is 5.91 Å². The van der Waals surface area contributed by atoms with Gasteiger partial charge in [-0.2, -0.15) is 0 Å². The van der Waals surface area contributed by atoms with Gasteiger partial charge < -0.3 is 15.1 Å². The molecule has 6 heteroatoms. The third-order valence-electron chi connectivity index (χ3n) is 5.02. The minimum atomic E-state index is -0.0175. The smallest absolute Gasteiger partial charge is 0.317 e. The van der Waals surface area contributed by atoms with Gasteiger partial charge in [0.1, 0.15) is 0 Å². The molecule has 1 aromatic rings. The zero-order valence-electron chi connectivity index (χ0n) is 14.1. The first-order valence-corrected chi connectivity index (χ1v) is 8.92. The number of rotatable bonds is 4. The first-order chi connectivity index (χ1) is 11.7. The van der Waals surface area contributed by atoms with Gasteiger partial charge >= 0.3 is 6.03 Å². The van der Waals surface area contributed by atoms with E-state index in [9.17, 15) is 9.59 Å². The Bertz CT molecular complexity index is 549. The van der Waals surface area contributed by atoms with E-state index >= 15 is 0 Å². The van der Waals surface area contributed by atoms with Crippen LogP contribution in [0.3, 0.4) is 0 Å². The SMILES string of the molecule is O=C(CC1CCN(C(=O)NCc2ccncc2)CC1)N1CCCC1. The summed E-state index contributed by atoms with van der Waals surface area (Å²) in [5, 5.41) is 2.95. The van der Waals surface area contributed by atoms with Gasteiger partial charge in [0.15, 0.2) is 0 Å². The van der Waals surface area contributed by atoms with Crippen LogP contribution in [0.4, 0.5) is 4.79 Å². The molecule has 0 spiro atoms. The lowest BCUT2D eigenvalue weighted by molar-refractivity contribution is -0.131. The normalized spacial score (nSPS) is 18.7. The van der Waals surface area contributed by atoms with Gasteiger partial charge in [-0.25, -0.2) is 4.79 Å². The number of nitrogens with zero attached hydrogens (tertiary/aromatic N) is 3. The Morgan fingerprint density at radius 2 is 1.71 bits per heavy atom. The van der Waals surface area contributed by atoms with Crippen molar-refractivity contribution >= 4 is 11.9 Å². The number of aromatic nitrogens is 1. The summed E-state index contributed by atoms with van der Waals surface area (Å²) in [7, 11) is 0. The molecule has 0 unspecified atom stereocenters. The van der Waals surface area contributed by atoms with E-state index in [-0.39, 0.29) is 6.03 Å². The Kier molecular flexibility index (Phi) is 5.67. The number of urea groups is 1. The van der Waals surface area contributed by atoms with Crippen molar-refractivity contribution in [1.29, 1.82) is 0 Å². The van der Waals surface area contributed by atoms with Crippen molar-refractivity contribution in [2.45, 2.75) is 38.6 Å². The fourth-order valence-corrected chi connectivity index (χ4v) is 3.47. The van der Waals surface area contributed by atoms with Crippen LogP contribution in [-0.2, 0) is 11.3 Å². The summed E-state index contributed by atoms with van der Waals surface area (Å²) in [5.41, 5.74) is 1.05. The standard InChI is InChI=1S/C18H26N4O2/c23-17(21-9-1-2-10-21)13-15-5-11-22(12-6-15)18(24)20-14-16-3-7-19-8-4-16/h3-4,7-8,15H,1-2,5-6,9-14H2,(H,20,24). The van der Waals surface area contributed by atoms with Crippen molar-refractivity contribution in [1.82, 2.24) is 20.1 Å². The van der Waals surface area contributed by atoms with E-state index < -0.39 is 0 Å². The van der Waals surface area contributed by atoms with E-state index in [0.29, 0.717) is 24.8 Å². The number of pyridine rings is 1. The number of carbonyl (C=O) groups excluding carboxylic acids is 2. The molecule has 0 atom stereocenters. The van der Waals surface area contributed by atoms with Crippen LogP contribution in [0, 0.1) is 5.92 Å². The van der Waals surface area contributed by atoms with Crippen molar-refractivity contribution < 1.29 is 9.59 Å². The van der Waals surface area contributed by atoms with Crippen LogP contribution < -0.4 is 5.32 Å². The van der Waals surface area contributed by atoms with Crippen LogP contribution in [-0.4, -0.2) is 52.9 Å². The van der Waals surface area contributed by atoms with Gasteiger partial charge in [-0.05, 0) is 49.3 Å². The molecule has 0 aliphatic carbocycles. The molecule has 24 heavy (non-hydrogen) atoms. The monoisotopic (exact) mass is 330 g/mol. The Hall–Kier alpha value is -2.11. The molecule has 130 valence electrons. The van der Waals surface area contributed by atoms with Gasteiger partial charge in [0.25, 0.3) is 0 Å². The highest BCUT2D eigenvalue weighted by atomic mass is 16.2. The number of carbonyl (C=O) groups is 2. The topological polar surface area (TPSA) is 65.5 Å². The van der Waals surface area contributed by atoms with Crippen molar-refractivity contribution in [3.63, 3.8) is 0 Å². The Balaban J connectivity index is 1.38. The molecule has 3 rings (SSSR count). The summed E-state index contributed by atoms with van der Waals surface area (Å²) < 4.78 is 0. The first kappa shape index (κ1) is 16.7. The van der Waals surface area contributed by atoms with Crippen LogP contribution in [0.1, 0.15) is 37.7 Å². The molecular formula is C18H26N4O2. The van der Waals surface area contributed by atoms with Crippen LogP contribution in [0.2, 0.25) is 0 Å². The third-order valence-corrected chi connectivity index (χ3v) is 5.02. The molecule has 6 nitrogen and oxygen atoms in total. The molecule has 2 aliphatic rings. The van der Waals surface area contributed by atoms with Crippen LogP contribution in [0.25, 0.3) is 0 Å². The maximum atomic E-state index is 12.2. The molecule has 3 heterocycles. The molecule has 0 saturated carbocycles. The Morgan fingerprint density at radius 1 is 1.04 bits per heavy atom. The molecule has 0 bridgehead atoms. The largest absolute Gasteiger partial charge is 0.343 e. The summed E-state index contributed by atoms with van der Waals surface area (Å²) in [4.78, 5) is 32.3. The summed E-state index contributed by atoms with van der Waals surface area (Å²) in [6, 6.07) is 3.78. The predicted molar refractivity (Wildman–Crippen MR) is 91.2 cm³/mol. The molecule has 2 aliphatic heterocycles. The molecule has 0 radical (unpaired) electrons. The number of amides is 3. The summed E-state index contributed by atoms with van der Waals surface area (Å²) in [5.74, 6) is 0.718. The molecule has 2 fully saturated rings. The van der Waals surface area contributed by atoms with E-state index in [4.69, 9.17) is 0 Å². The summed E-state index contributed by atoms with van der Waals surface area (Å²) in [6.45, 7) is 3.85. The van der Waals surface area contributed by atoms with Crippen molar-refractivity contribution in [2.75, 3.05) is 26.2 Å². The van der Waals surface area contributed by atoms with Gasteiger partial charge in [-0.15, -0.1) is 0 Å². The molecular weight excluding hydrogens is 304 g/mol.